The van der Waals surface area contributed by atoms with Gasteiger partial charge in [0.2, 0.25) is 0 Å². The first kappa shape index (κ1) is 19.9. The molecule has 1 N–H and O–H groups in total. The molecule has 32 heavy (non-hydrogen) atoms. The maximum Gasteiger partial charge on any atom is 0.269 e. The average Bonchev–Trinajstić information content (AvgIpc) is 3.34. The summed E-state index contributed by atoms with van der Waals surface area (Å²) < 4.78 is 27.0. The summed E-state index contributed by atoms with van der Waals surface area (Å²) in [6.45, 7) is 0. The van der Waals surface area contributed by atoms with Crippen LogP contribution in [-0.4, -0.2) is 21.6 Å². The summed E-state index contributed by atoms with van der Waals surface area (Å²) in [4.78, 5) is 21.3. The van der Waals surface area contributed by atoms with Crippen LogP contribution in [0, 0.1) is 10.6 Å². The van der Waals surface area contributed by atoms with E-state index >= 15 is 0 Å². The second kappa shape index (κ2) is 7.90. The SMILES string of the molecule is COc1ccccc1-n1c(=S)[nH]c2nc(-c3ccccc3F)cc(-c3ccco3)c2c1=O. The van der Waals surface area contributed by atoms with Gasteiger partial charge in [0.05, 0.1) is 30.1 Å². The molecule has 0 atom stereocenters. The zero-order valence-corrected chi connectivity index (χ0v) is 17.7. The normalized spacial score (nSPS) is 11.1. The number of ether oxygens (including phenoxy) is 1. The molecule has 0 saturated carbocycles. The Morgan fingerprint density at radius 3 is 2.59 bits per heavy atom. The molecule has 8 heteroatoms. The van der Waals surface area contributed by atoms with Crippen molar-refractivity contribution in [2.24, 2.45) is 0 Å². The van der Waals surface area contributed by atoms with Gasteiger partial charge in [-0.15, -0.1) is 0 Å². The van der Waals surface area contributed by atoms with Crippen molar-refractivity contribution in [3.05, 3.63) is 93.9 Å². The van der Waals surface area contributed by atoms with Crippen molar-refractivity contribution in [2.45, 2.75) is 0 Å². The Morgan fingerprint density at radius 1 is 1.06 bits per heavy atom. The number of H-pyrrole nitrogens is 1. The molecule has 0 spiro atoms. The minimum atomic E-state index is -0.425. The van der Waals surface area contributed by atoms with Gasteiger partial charge in [-0.2, -0.15) is 0 Å². The number of pyridine rings is 1. The maximum absolute atomic E-state index is 14.5. The second-order valence-corrected chi connectivity index (χ2v) is 7.37. The number of nitrogens with one attached hydrogen (secondary N) is 1. The molecule has 0 radical (unpaired) electrons. The number of aromatic nitrogens is 3. The summed E-state index contributed by atoms with van der Waals surface area (Å²) in [5.41, 5.74) is 1.45. The van der Waals surface area contributed by atoms with Gasteiger partial charge in [0.1, 0.15) is 23.0 Å². The summed E-state index contributed by atoms with van der Waals surface area (Å²) in [6, 6.07) is 18.5. The first-order valence-corrected chi connectivity index (χ1v) is 10.1. The van der Waals surface area contributed by atoms with Crippen LogP contribution in [0.5, 0.6) is 5.75 Å². The lowest BCUT2D eigenvalue weighted by atomic mass is 10.0. The molecule has 5 aromatic rings. The third kappa shape index (κ3) is 3.21. The van der Waals surface area contributed by atoms with Gasteiger partial charge in [0, 0.05) is 11.1 Å². The molecule has 0 saturated heterocycles. The zero-order chi connectivity index (χ0) is 22.2. The van der Waals surface area contributed by atoms with Crippen LogP contribution in [0.4, 0.5) is 4.39 Å². The van der Waals surface area contributed by atoms with Gasteiger partial charge in [-0.3, -0.25) is 4.79 Å². The lowest BCUT2D eigenvalue weighted by Gasteiger charge is -2.14. The molecule has 3 heterocycles. The van der Waals surface area contributed by atoms with Crippen LogP contribution in [0.3, 0.4) is 0 Å². The number of hydrogen-bond acceptors (Lipinski definition) is 5. The molecule has 2 aromatic carbocycles. The highest BCUT2D eigenvalue weighted by Gasteiger charge is 2.20. The molecule has 0 fully saturated rings. The van der Waals surface area contributed by atoms with Crippen LogP contribution >= 0.6 is 12.2 Å². The van der Waals surface area contributed by atoms with Crippen LogP contribution in [0.2, 0.25) is 0 Å². The maximum atomic E-state index is 14.5. The van der Waals surface area contributed by atoms with Crippen LogP contribution in [0.15, 0.2) is 82.2 Å². The molecule has 6 nitrogen and oxygen atoms in total. The monoisotopic (exact) mass is 445 g/mol. The van der Waals surface area contributed by atoms with Gasteiger partial charge in [-0.05, 0) is 54.7 Å². The smallest absolute Gasteiger partial charge is 0.269 e. The van der Waals surface area contributed by atoms with Gasteiger partial charge in [0.15, 0.2) is 4.77 Å². The van der Waals surface area contributed by atoms with E-state index < -0.39 is 11.4 Å². The summed E-state index contributed by atoms with van der Waals surface area (Å²) >= 11 is 5.50. The largest absolute Gasteiger partial charge is 0.495 e. The van der Waals surface area contributed by atoms with Gasteiger partial charge >= 0.3 is 0 Å². The predicted octanol–water partition coefficient (Wildman–Crippen LogP) is 5.52. The molecule has 0 bridgehead atoms. The average molecular weight is 445 g/mol. The number of furan rings is 1. The fourth-order valence-corrected chi connectivity index (χ4v) is 3.96. The van der Waals surface area contributed by atoms with Crippen molar-refractivity contribution in [2.75, 3.05) is 7.11 Å². The number of benzene rings is 2. The highest BCUT2D eigenvalue weighted by Crippen LogP contribution is 2.32. The highest BCUT2D eigenvalue weighted by atomic mass is 32.1. The number of fused-ring (bicyclic) bond motifs is 1. The molecule has 158 valence electrons. The Kier molecular flexibility index (Phi) is 4.91. The molecule has 0 amide bonds. The summed E-state index contributed by atoms with van der Waals surface area (Å²) in [5, 5.41) is 0.263. The van der Waals surface area contributed by atoms with Crippen LogP contribution in [0.25, 0.3) is 39.3 Å². The van der Waals surface area contributed by atoms with Crippen molar-refractivity contribution in [3.63, 3.8) is 0 Å². The van der Waals surface area contributed by atoms with E-state index in [4.69, 9.17) is 21.4 Å². The van der Waals surface area contributed by atoms with E-state index in [-0.39, 0.29) is 15.8 Å². The van der Waals surface area contributed by atoms with Gasteiger partial charge < -0.3 is 14.1 Å². The lowest BCUT2D eigenvalue weighted by molar-refractivity contribution is 0.412. The quantitative estimate of drug-likeness (QED) is 0.369. The first-order chi connectivity index (χ1) is 15.6. The molecule has 5 rings (SSSR count). The summed E-state index contributed by atoms with van der Waals surface area (Å²) in [7, 11) is 1.52. The van der Waals surface area contributed by atoms with E-state index in [0.29, 0.717) is 34.0 Å². The summed E-state index contributed by atoms with van der Waals surface area (Å²) in [5.74, 6) is 0.513. The van der Waals surface area contributed by atoms with Crippen molar-refractivity contribution in [3.8, 4) is 34.0 Å². The molecule has 0 unspecified atom stereocenters. The van der Waals surface area contributed by atoms with Gasteiger partial charge in [-0.25, -0.2) is 13.9 Å². The van der Waals surface area contributed by atoms with E-state index in [1.54, 1.807) is 60.7 Å². The van der Waals surface area contributed by atoms with Gasteiger partial charge in [0.25, 0.3) is 5.56 Å². The zero-order valence-electron chi connectivity index (χ0n) is 16.8. The molecule has 0 aliphatic carbocycles. The Balaban J connectivity index is 1.89. The van der Waals surface area contributed by atoms with E-state index in [0.717, 1.165) is 0 Å². The Labute approximate surface area is 186 Å². The van der Waals surface area contributed by atoms with Crippen LogP contribution in [-0.2, 0) is 0 Å². The van der Waals surface area contributed by atoms with Gasteiger partial charge in [-0.1, -0.05) is 24.3 Å². The Bertz CT molecular complexity index is 1570. The fourth-order valence-electron chi connectivity index (χ4n) is 3.68. The third-order valence-electron chi connectivity index (χ3n) is 5.13. The van der Waals surface area contributed by atoms with E-state index in [1.165, 1.54) is 24.0 Å². The van der Waals surface area contributed by atoms with Crippen molar-refractivity contribution >= 4 is 23.3 Å². The van der Waals surface area contributed by atoms with E-state index in [1.807, 2.05) is 0 Å². The number of halogens is 1. The fraction of sp³-hybridized carbons (Fsp3) is 0.0417. The minimum Gasteiger partial charge on any atom is -0.495 e. The summed E-state index contributed by atoms with van der Waals surface area (Å²) in [6.07, 6.45) is 1.51. The standard InChI is InChI=1S/C24H16FN3O3S/c1-30-20-10-5-4-9-18(20)28-23(29)21-15(19-11-6-12-31-19)13-17(26-22(21)27-24(28)32)14-7-2-3-8-16(14)25/h2-13H,1H3,(H,26,27,32). The van der Waals surface area contributed by atoms with E-state index in [9.17, 15) is 9.18 Å². The van der Waals surface area contributed by atoms with Crippen LogP contribution < -0.4 is 10.3 Å². The number of nitrogens with zero attached hydrogens (tertiary/aromatic N) is 2. The van der Waals surface area contributed by atoms with Crippen LogP contribution in [0.1, 0.15) is 0 Å². The van der Waals surface area contributed by atoms with Crippen molar-refractivity contribution < 1.29 is 13.5 Å². The Hall–Kier alpha value is -4.04. The molecule has 0 aliphatic heterocycles. The predicted molar refractivity (Wildman–Crippen MR) is 122 cm³/mol. The number of para-hydroxylation sites is 2. The number of hydrogen-bond donors (Lipinski definition) is 1. The molecule has 3 aromatic heterocycles. The highest BCUT2D eigenvalue weighted by molar-refractivity contribution is 7.71. The number of rotatable bonds is 4. The van der Waals surface area contributed by atoms with Crippen molar-refractivity contribution in [1.29, 1.82) is 0 Å². The first-order valence-electron chi connectivity index (χ1n) is 9.70. The van der Waals surface area contributed by atoms with E-state index in [2.05, 4.69) is 9.97 Å². The molecular formula is C24H16FN3O3S. The molecular weight excluding hydrogens is 429 g/mol. The van der Waals surface area contributed by atoms with Crippen molar-refractivity contribution in [1.82, 2.24) is 14.5 Å². The minimum absolute atomic E-state index is 0.135. The molecule has 0 aliphatic rings. The topological polar surface area (TPSA) is 73.1 Å². The second-order valence-electron chi connectivity index (χ2n) is 6.98. The number of aromatic amines is 1. The number of methoxy groups -OCH3 is 1. The third-order valence-corrected chi connectivity index (χ3v) is 5.41. The Morgan fingerprint density at radius 2 is 1.84 bits per heavy atom. The lowest BCUT2D eigenvalue weighted by Crippen LogP contribution is -2.22.